The van der Waals surface area contributed by atoms with Crippen LogP contribution in [0.1, 0.15) is 37.9 Å². The molecule has 0 saturated heterocycles. The number of amidine groups is 1. The van der Waals surface area contributed by atoms with Gasteiger partial charge in [0, 0.05) is 18.0 Å². The minimum Gasteiger partial charge on any atom is -0.490 e. The monoisotopic (exact) mass is 715 g/mol. The van der Waals surface area contributed by atoms with Crippen LogP contribution in [0.3, 0.4) is 0 Å². The molecule has 14 nitrogen and oxygen atoms in total. The van der Waals surface area contributed by atoms with Gasteiger partial charge in [-0.25, -0.2) is 21.6 Å². The van der Waals surface area contributed by atoms with Gasteiger partial charge < -0.3 is 25.3 Å². The number of ether oxygens (including phenoxy) is 3. The molecule has 1 amide bonds. The first-order valence-electron chi connectivity index (χ1n) is 13.8. The van der Waals surface area contributed by atoms with Crippen molar-refractivity contribution in [2.24, 2.45) is 5.73 Å². The zero-order valence-corrected chi connectivity index (χ0v) is 27.5. The lowest BCUT2D eigenvalue weighted by molar-refractivity contribution is -0.189. The predicted molar refractivity (Wildman–Crippen MR) is 167 cm³/mol. The number of hydrazine groups is 1. The lowest BCUT2D eigenvalue weighted by atomic mass is 10.0. The molecule has 0 radical (unpaired) electrons. The molecule has 6 N–H and O–H groups in total. The fourth-order valence-electron chi connectivity index (χ4n) is 4.09. The Kier molecular flexibility index (Phi) is 11.7. The maximum Gasteiger partial charge on any atom is 0.491 e. The van der Waals surface area contributed by atoms with E-state index in [4.69, 9.17) is 20.6 Å². The first-order valence-corrected chi connectivity index (χ1v) is 17.2. The molecule has 0 bridgehead atoms. The fourth-order valence-corrected chi connectivity index (χ4v) is 6.57. The third-order valence-electron chi connectivity index (χ3n) is 6.09. The van der Waals surface area contributed by atoms with Crippen molar-refractivity contribution in [2.75, 3.05) is 18.2 Å². The number of alkyl halides is 3. The number of esters is 1. The van der Waals surface area contributed by atoms with E-state index in [0.717, 1.165) is 30.5 Å². The summed E-state index contributed by atoms with van der Waals surface area (Å²) in [5, 5.41) is 10.4. The number of nitrogen functional groups attached to an aromatic ring is 1. The Hall–Kier alpha value is -4.88. The van der Waals surface area contributed by atoms with Crippen molar-refractivity contribution in [1.82, 2.24) is 10.3 Å². The highest BCUT2D eigenvalue weighted by molar-refractivity contribution is 7.93. The van der Waals surface area contributed by atoms with Crippen LogP contribution in [0.2, 0.25) is 0 Å². The summed E-state index contributed by atoms with van der Waals surface area (Å²) in [6.45, 7) is 5.41. The second-order valence-corrected chi connectivity index (χ2v) is 13.8. The van der Waals surface area contributed by atoms with Gasteiger partial charge >= 0.3 is 12.1 Å². The van der Waals surface area contributed by atoms with Crippen molar-refractivity contribution in [3.8, 4) is 17.2 Å². The number of carbonyl (C=O) groups is 2. The summed E-state index contributed by atoms with van der Waals surface area (Å²) < 4.78 is 105. The van der Waals surface area contributed by atoms with Crippen LogP contribution in [0.15, 0.2) is 70.5 Å². The maximum atomic E-state index is 13.6. The molecule has 0 aliphatic rings. The standard InChI is InChI=1S/C29H32F3N5O9S2/c1-5-44-22-14-17(10-13-20(22)45-16(2)3)25(27(38)36-37-48(42,43)24-9-7-6-8-23(24)47(4,40)41)35-18-11-12-19(26(33)34)21(15-18)46-28(39)29(30,31)32/h6-16,25,35,37H,5H2,1-4H3,(H3,33,34)(H,36,38). The molecule has 0 spiro atoms. The van der Waals surface area contributed by atoms with Crippen molar-refractivity contribution < 1.29 is 53.8 Å². The van der Waals surface area contributed by atoms with E-state index in [0.29, 0.717) is 5.75 Å². The molecule has 19 heteroatoms. The van der Waals surface area contributed by atoms with E-state index < -0.39 is 65.3 Å². The fraction of sp³-hybridized carbons (Fsp3) is 0.276. The molecule has 3 aromatic carbocycles. The van der Waals surface area contributed by atoms with Gasteiger partial charge in [0.1, 0.15) is 22.5 Å². The number of benzene rings is 3. The van der Waals surface area contributed by atoms with Gasteiger partial charge in [0.2, 0.25) is 0 Å². The number of carbonyl (C=O) groups excluding carboxylic acids is 2. The maximum absolute atomic E-state index is 13.6. The normalized spacial score (nSPS) is 12.6. The molecule has 0 heterocycles. The first kappa shape index (κ1) is 37.6. The third kappa shape index (κ3) is 9.58. The number of anilines is 1. The van der Waals surface area contributed by atoms with E-state index in [9.17, 15) is 39.6 Å². The summed E-state index contributed by atoms with van der Waals surface area (Å²) in [4.78, 5) is 25.9. The summed E-state index contributed by atoms with van der Waals surface area (Å²) in [5.41, 5.74) is 7.10. The SMILES string of the molecule is CCOc1cc(C(Nc2ccc(C(=N)N)c(OC(=O)C(F)(F)F)c2)C(=O)NNS(=O)(=O)c2ccccc2S(C)(=O)=O)ccc1OC(C)C. The van der Waals surface area contributed by atoms with E-state index >= 15 is 0 Å². The number of rotatable bonds is 14. The Balaban J connectivity index is 2.08. The van der Waals surface area contributed by atoms with E-state index in [1.807, 2.05) is 10.3 Å². The van der Waals surface area contributed by atoms with Gasteiger partial charge in [-0.1, -0.05) is 18.2 Å². The molecule has 3 rings (SSSR count). The van der Waals surface area contributed by atoms with Crippen LogP contribution in [0, 0.1) is 5.41 Å². The number of sulfone groups is 1. The molecule has 0 fully saturated rings. The van der Waals surface area contributed by atoms with Crippen LogP contribution in [-0.4, -0.2) is 59.7 Å². The van der Waals surface area contributed by atoms with Gasteiger partial charge in [0.25, 0.3) is 15.9 Å². The molecule has 48 heavy (non-hydrogen) atoms. The van der Waals surface area contributed by atoms with Crippen LogP contribution < -0.4 is 35.5 Å². The van der Waals surface area contributed by atoms with Gasteiger partial charge in [-0.15, -0.1) is 4.83 Å². The molecule has 0 aliphatic heterocycles. The number of halogens is 3. The summed E-state index contributed by atoms with van der Waals surface area (Å²) >= 11 is 0. The molecule has 3 aromatic rings. The van der Waals surface area contributed by atoms with Crippen LogP contribution in [0.5, 0.6) is 17.2 Å². The zero-order valence-electron chi connectivity index (χ0n) is 25.8. The van der Waals surface area contributed by atoms with Gasteiger partial charge in [-0.2, -0.15) is 13.2 Å². The van der Waals surface area contributed by atoms with Crippen LogP contribution in [-0.2, 0) is 29.4 Å². The molecule has 0 aliphatic carbocycles. The molecular weight excluding hydrogens is 683 g/mol. The average molecular weight is 716 g/mol. The van der Waals surface area contributed by atoms with Gasteiger partial charge in [0.15, 0.2) is 21.3 Å². The van der Waals surface area contributed by atoms with E-state index in [1.165, 1.54) is 36.4 Å². The highest BCUT2D eigenvalue weighted by Crippen LogP contribution is 2.34. The first-order chi connectivity index (χ1) is 22.2. The van der Waals surface area contributed by atoms with E-state index in [1.54, 1.807) is 20.8 Å². The summed E-state index contributed by atoms with van der Waals surface area (Å²) in [5.74, 6) is -4.67. The van der Waals surface area contributed by atoms with Crippen LogP contribution in [0.4, 0.5) is 18.9 Å². The van der Waals surface area contributed by atoms with Crippen molar-refractivity contribution >= 4 is 43.3 Å². The molecule has 0 aromatic heterocycles. The number of sulfonamides is 1. The van der Waals surface area contributed by atoms with Crippen molar-refractivity contribution in [3.05, 3.63) is 71.8 Å². The topological polar surface area (TPSA) is 216 Å². The van der Waals surface area contributed by atoms with E-state index in [2.05, 4.69) is 10.1 Å². The van der Waals surface area contributed by atoms with Crippen LogP contribution in [0.25, 0.3) is 0 Å². The number of hydrogen-bond acceptors (Lipinski definition) is 11. The van der Waals surface area contributed by atoms with Crippen LogP contribution >= 0.6 is 0 Å². The quantitative estimate of drug-likeness (QED) is 0.0537. The Morgan fingerprint density at radius 2 is 1.58 bits per heavy atom. The highest BCUT2D eigenvalue weighted by Gasteiger charge is 2.42. The molecule has 1 unspecified atom stereocenters. The minimum atomic E-state index is -5.39. The molecule has 1 atom stereocenters. The highest BCUT2D eigenvalue weighted by atomic mass is 32.2. The summed E-state index contributed by atoms with van der Waals surface area (Å²) in [7, 11) is -8.69. The lowest BCUT2D eigenvalue weighted by Crippen LogP contribution is -2.45. The van der Waals surface area contributed by atoms with Crippen molar-refractivity contribution in [1.29, 1.82) is 5.41 Å². The second kappa shape index (κ2) is 14.9. The molecule has 260 valence electrons. The van der Waals surface area contributed by atoms with Crippen molar-refractivity contribution in [3.63, 3.8) is 0 Å². The van der Waals surface area contributed by atoms with Gasteiger partial charge in [-0.3, -0.25) is 15.6 Å². The summed E-state index contributed by atoms with van der Waals surface area (Å²) in [6, 6.07) is 10.6. The Bertz CT molecular complexity index is 1920. The average Bonchev–Trinajstić information content (AvgIpc) is 2.98. The number of hydrogen-bond donors (Lipinski definition) is 5. The van der Waals surface area contributed by atoms with Gasteiger partial charge in [0.05, 0.1) is 23.2 Å². The van der Waals surface area contributed by atoms with E-state index in [-0.39, 0.29) is 35.3 Å². The Morgan fingerprint density at radius 3 is 2.15 bits per heavy atom. The molecular formula is C29H32F3N5O9S2. The predicted octanol–water partition coefficient (Wildman–Crippen LogP) is 3.19. The number of nitrogens with two attached hydrogens (primary N) is 1. The second-order valence-electron chi connectivity index (χ2n) is 10.2. The molecule has 0 saturated carbocycles. The lowest BCUT2D eigenvalue weighted by Gasteiger charge is -2.23. The smallest absolute Gasteiger partial charge is 0.490 e. The number of nitrogens with one attached hydrogen (secondary N) is 4. The zero-order chi connectivity index (χ0) is 36.0. The largest absolute Gasteiger partial charge is 0.491 e. The summed E-state index contributed by atoms with van der Waals surface area (Å²) in [6.07, 6.45) is -4.85. The Morgan fingerprint density at radius 1 is 0.938 bits per heavy atom. The minimum absolute atomic E-state index is 0.129. The van der Waals surface area contributed by atoms with Gasteiger partial charge in [-0.05, 0) is 62.7 Å². The van der Waals surface area contributed by atoms with Crippen molar-refractivity contribution in [2.45, 2.75) is 48.9 Å². The third-order valence-corrected chi connectivity index (χ3v) is 8.68. The Labute approximate surface area is 274 Å². The number of amides is 1.